The van der Waals surface area contributed by atoms with E-state index in [1.165, 1.54) is 23.1 Å². The van der Waals surface area contributed by atoms with Crippen LogP contribution in [0, 0.1) is 12.8 Å². The molecule has 7 nitrogen and oxygen atoms in total. The summed E-state index contributed by atoms with van der Waals surface area (Å²) < 4.78 is 26.7. The van der Waals surface area contributed by atoms with Crippen LogP contribution in [0.15, 0.2) is 72.8 Å². The number of amides is 2. The van der Waals surface area contributed by atoms with Crippen molar-refractivity contribution in [1.82, 2.24) is 10.2 Å². The first-order chi connectivity index (χ1) is 18.8. The number of nitrogens with zero attached hydrogens (tertiary/aromatic N) is 2. The summed E-state index contributed by atoms with van der Waals surface area (Å²) >= 11 is 12.5. The van der Waals surface area contributed by atoms with Gasteiger partial charge < -0.3 is 10.2 Å². The fourth-order valence-corrected chi connectivity index (χ4v) is 5.54. The third-order valence-corrected chi connectivity index (χ3v) is 7.93. The molecule has 0 aliphatic heterocycles. The molecule has 0 spiro atoms. The van der Waals surface area contributed by atoms with Crippen LogP contribution in [0.5, 0.6) is 0 Å². The maximum atomic E-state index is 14.1. The number of nitrogens with one attached hydrogen (secondary N) is 1. The summed E-state index contributed by atoms with van der Waals surface area (Å²) in [6, 6.07) is 20.6. The highest BCUT2D eigenvalue weighted by Crippen LogP contribution is 2.31. The molecule has 3 rings (SSSR count). The van der Waals surface area contributed by atoms with E-state index in [1.54, 1.807) is 0 Å². The molecule has 0 aliphatic rings. The zero-order valence-corrected chi connectivity index (χ0v) is 25.4. The molecule has 214 valence electrons. The summed E-state index contributed by atoms with van der Waals surface area (Å²) in [5.74, 6) is -0.665. The summed E-state index contributed by atoms with van der Waals surface area (Å²) in [7, 11) is -3.95. The molecule has 40 heavy (non-hydrogen) atoms. The van der Waals surface area contributed by atoms with Gasteiger partial charge in [0.2, 0.25) is 21.8 Å². The third kappa shape index (κ3) is 8.98. The normalized spacial score (nSPS) is 12.2. The molecule has 0 bridgehead atoms. The lowest BCUT2D eigenvalue weighted by Crippen LogP contribution is -2.53. The van der Waals surface area contributed by atoms with E-state index < -0.39 is 28.5 Å². The summed E-state index contributed by atoms with van der Waals surface area (Å²) in [4.78, 5) is 29.2. The van der Waals surface area contributed by atoms with E-state index >= 15 is 0 Å². The molecule has 0 aliphatic carbocycles. The van der Waals surface area contributed by atoms with Gasteiger partial charge in [-0.05, 0) is 42.2 Å². The maximum Gasteiger partial charge on any atom is 0.244 e. The summed E-state index contributed by atoms with van der Waals surface area (Å²) in [5.41, 5.74) is 2.77. The minimum absolute atomic E-state index is 0.0874. The first kappa shape index (κ1) is 31.5. The molecule has 0 heterocycles. The molecule has 1 atom stereocenters. The lowest BCUT2D eigenvalue weighted by atomic mass is 10.0. The Kier molecular flexibility index (Phi) is 11.0. The van der Waals surface area contributed by atoms with E-state index in [0.717, 1.165) is 27.3 Å². The third-order valence-electron chi connectivity index (χ3n) is 6.25. The largest absolute Gasteiger partial charge is 0.354 e. The molecular weight excluding hydrogens is 569 g/mol. The van der Waals surface area contributed by atoms with Crippen LogP contribution in [0.1, 0.15) is 30.5 Å². The number of carbonyl (C=O) groups excluding carboxylic acids is 2. The molecule has 10 heteroatoms. The van der Waals surface area contributed by atoms with Crippen LogP contribution in [0.25, 0.3) is 0 Å². The predicted octanol–water partition coefficient (Wildman–Crippen LogP) is 5.48. The molecule has 0 unspecified atom stereocenters. The Morgan fingerprint density at radius 2 is 1.60 bits per heavy atom. The van der Waals surface area contributed by atoms with Crippen LogP contribution >= 0.6 is 23.2 Å². The Labute approximate surface area is 247 Å². The molecule has 0 saturated carbocycles. The Hall–Kier alpha value is -3.07. The molecular formula is C30H35Cl2N3O4S. The number of rotatable bonds is 12. The second-order valence-corrected chi connectivity index (χ2v) is 13.0. The number of anilines is 1. The number of hydrogen-bond acceptors (Lipinski definition) is 4. The van der Waals surface area contributed by atoms with Crippen molar-refractivity contribution < 1.29 is 18.0 Å². The summed E-state index contributed by atoms with van der Waals surface area (Å²) in [6.07, 6.45) is 1.25. The Balaban J connectivity index is 2.07. The number of aryl methyl sites for hydroxylation is 1. The van der Waals surface area contributed by atoms with Crippen LogP contribution in [-0.2, 0) is 32.6 Å². The highest BCUT2D eigenvalue weighted by Gasteiger charge is 2.33. The van der Waals surface area contributed by atoms with Gasteiger partial charge in [-0.1, -0.05) is 97.2 Å². The first-order valence-electron chi connectivity index (χ1n) is 12.9. The molecule has 2 amide bonds. The van der Waals surface area contributed by atoms with Crippen LogP contribution < -0.4 is 9.62 Å². The van der Waals surface area contributed by atoms with Gasteiger partial charge in [-0.15, -0.1) is 0 Å². The molecule has 0 fully saturated rings. The van der Waals surface area contributed by atoms with Crippen molar-refractivity contribution in [1.29, 1.82) is 0 Å². The highest BCUT2D eigenvalue weighted by molar-refractivity contribution is 7.92. The van der Waals surface area contributed by atoms with E-state index in [0.29, 0.717) is 6.54 Å². The fraction of sp³-hybridized carbons (Fsp3) is 0.333. The van der Waals surface area contributed by atoms with Crippen molar-refractivity contribution in [2.75, 3.05) is 23.7 Å². The van der Waals surface area contributed by atoms with Crippen LogP contribution in [0.2, 0.25) is 10.0 Å². The summed E-state index contributed by atoms with van der Waals surface area (Å²) in [5, 5.41) is 3.36. The second-order valence-electron chi connectivity index (χ2n) is 10.2. The predicted molar refractivity (Wildman–Crippen MR) is 162 cm³/mol. The average molecular weight is 605 g/mol. The number of hydrogen-bond donors (Lipinski definition) is 1. The molecule has 1 N–H and O–H groups in total. The standard InChI is InChI=1S/C30H35Cl2N3O4S/c1-21(2)18-33-30(37)28(16-23-10-6-5-7-11-23)34(19-24-12-8-9-22(3)15-24)29(36)20-35(40(4,38)39)27-17-25(31)13-14-26(27)32/h5-15,17,21,28H,16,18-20H2,1-4H3,(H,33,37)/t28-/m0/s1. The van der Waals surface area contributed by atoms with Gasteiger partial charge in [0.15, 0.2) is 0 Å². The van der Waals surface area contributed by atoms with E-state index in [1.807, 2.05) is 75.4 Å². The van der Waals surface area contributed by atoms with Crippen LogP contribution in [0.4, 0.5) is 5.69 Å². The van der Waals surface area contributed by atoms with Gasteiger partial charge in [-0.2, -0.15) is 0 Å². The van der Waals surface area contributed by atoms with Gasteiger partial charge in [0.1, 0.15) is 12.6 Å². The zero-order valence-electron chi connectivity index (χ0n) is 23.1. The Morgan fingerprint density at radius 3 is 2.23 bits per heavy atom. The topological polar surface area (TPSA) is 86.8 Å². The van der Waals surface area contributed by atoms with Gasteiger partial charge in [-0.3, -0.25) is 13.9 Å². The molecule has 0 aromatic heterocycles. The van der Waals surface area contributed by atoms with Crippen LogP contribution in [0.3, 0.4) is 0 Å². The molecule has 0 saturated heterocycles. The maximum absolute atomic E-state index is 14.1. The average Bonchev–Trinajstić information content (AvgIpc) is 2.89. The van der Waals surface area contributed by atoms with Crippen LogP contribution in [-0.4, -0.2) is 50.5 Å². The lowest BCUT2D eigenvalue weighted by Gasteiger charge is -2.34. The van der Waals surface area contributed by atoms with E-state index in [-0.39, 0.29) is 40.5 Å². The Morgan fingerprint density at radius 1 is 0.925 bits per heavy atom. The number of sulfonamides is 1. The Bertz CT molecular complexity index is 1430. The van der Waals surface area contributed by atoms with E-state index in [4.69, 9.17) is 23.2 Å². The fourth-order valence-electron chi connectivity index (χ4n) is 4.26. The number of carbonyl (C=O) groups is 2. The summed E-state index contributed by atoms with van der Waals surface area (Å²) in [6.45, 7) is 5.90. The van der Waals surface area contributed by atoms with Crippen molar-refractivity contribution in [3.63, 3.8) is 0 Å². The van der Waals surface area contributed by atoms with E-state index in [2.05, 4.69) is 5.32 Å². The molecule has 3 aromatic rings. The minimum Gasteiger partial charge on any atom is -0.354 e. The zero-order chi connectivity index (χ0) is 29.4. The molecule has 0 radical (unpaired) electrons. The van der Waals surface area contributed by atoms with Crippen molar-refractivity contribution >= 4 is 50.7 Å². The monoisotopic (exact) mass is 603 g/mol. The molecule has 3 aromatic carbocycles. The van der Waals surface area contributed by atoms with Gasteiger partial charge in [0.25, 0.3) is 0 Å². The lowest BCUT2D eigenvalue weighted by molar-refractivity contribution is -0.140. The number of halogens is 2. The van der Waals surface area contributed by atoms with E-state index in [9.17, 15) is 18.0 Å². The van der Waals surface area contributed by atoms with Crippen molar-refractivity contribution in [3.8, 4) is 0 Å². The second kappa shape index (κ2) is 14.0. The smallest absolute Gasteiger partial charge is 0.244 e. The van der Waals surface area contributed by atoms with Crippen molar-refractivity contribution in [2.24, 2.45) is 5.92 Å². The first-order valence-corrected chi connectivity index (χ1v) is 15.5. The van der Waals surface area contributed by atoms with Gasteiger partial charge in [-0.25, -0.2) is 8.42 Å². The van der Waals surface area contributed by atoms with Gasteiger partial charge in [0, 0.05) is 24.5 Å². The quantitative estimate of drug-likeness (QED) is 0.297. The SMILES string of the molecule is Cc1cccc(CN(C(=O)CN(c2cc(Cl)ccc2Cl)S(C)(=O)=O)[C@@H](Cc2ccccc2)C(=O)NCC(C)C)c1. The number of benzene rings is 3. The van der Waals surface area contributed by atoms with Crippen molar-refractivity contribution in [2.45, 2.75) is 39.8 Å². The van der Waals surface area contributed by atoms with Gasteiger partial charge >= 0.3 is 0 Å². The minimum atomic E-state index is -3.95. The van der Waals surface area contributed by atoms with Crippen molar-refractivity contribution in [3.05, 3.63) is 99.5 Å². The van der Waals surface area contributed by atoms with Gasteiger partial charge in [0.05, 0.1) is 17.0 Å². The highest BCUT2D eigenvalue weighted by atomic mass is 35.5.